The fourth-order valence-corrected chi connectivity index (χ4v) is 2.85. The summed E-state index contributed by atoms with van der Waals surface area (Å²) in [7, 11) is 3.33. The summed E-state index contributed by atoms with van der Waals surface area (Å²) < 4.78 is 18.0. The number of aromatic nitrogens is 3. The number of hydrogen-bond acceptors (Lipinski definition) is 7. The number of hydrogen-bond donors (Lipinski definition) is 2. The van der Waals surface area contributed by atoms with Gasteiger partial charge in [0.1, 0.15) is 23.1 Å². The number of methoxy groups -OCH3 is 1. The molecule has 10 nitrogen and oxygen atoms in total. The van der Waals surface area contributed by atoms with E-state index in [1.165, 1.54) is 18.3 Å². The highest BCUT2D eigenvalue weighted by molar-refractivity contribution is 6.32. The molecule has 0 bridgehead atoms. The summed E-state index contributed by atoms with van der Waals surface area (Å²) in [6, 6.07) is 7.75. The van der Waals surface area contributed by atoms with Crippen molar-refractivity contribution >= 4 is 29.2 Å². The van der Waals surface area contributed by atoms with Crippen molar-refractivity contribution in [3.05, 3.63) is 58.4 Å². The summed E-state index contributed by atoms with van der Waals surface area (Å²) in [4.78, 5) is 28.1. The molecule has 0 aliphatic rings. The third kappa shape index (κ3) is 5.74. The van der Waals surface area contributed by atoms with Gasteiger partial charge in [-0.25, -0.2) is 4.98 Å². The number of ether oxygens (including phenoxy) is 3. The van der Waals surface area contributed by atoms with E-state index >= 15 is 0 Å². The Kier molecular flexibility index (Phi) is 7.29. The Bertz CT molecular complexity index is 1130. The number of nitrogens with two attached hydrogens (primary N) is 1. The molecular formula is C21H22ClN5O5. The van der Waals surface area contributed by atoms with Gasteiger partial charge in [0, 0.05) is 43.7 Å². The van der Waals surface area contributed by atoms with Crippen molar-refractivity contribution in [2.75, 3.05) is 25.6 Å². The Morgan fingerprint density at radius 3 is 2.50 bits per heavy atom. The maximum atomic E-state index is 12.8. The summed E-state index contributed by atoms with van der Waals surface area (Å²) in [5.74, 6) is 0.0131. The number of carbonyl (C=O) groups excluding carboxylic acids is 2. The second kappa shape index (κ2) is 10.1. The lowest BCUT2D eigenvalue weighted by Gasteiger charge is -2.12. The number of halogens is 1. The minimum absolute atomic E-state index is 0.0393. The second-order valence-electron chi connectivity index (χ2n) is 6.76. The van der Waals surface area contributed by atoms with E-state index < -0.39 is 11.8 Å². The standard InChI is InChI=1S/C21H22ClN5O5/c1-12-6-18(26-27(12)2)25-20(29)13-7-15(31-5-4-30-3)10-16(8-13)32-21-17(22)9-14(11-24-21)19(23)28/h6-11H,4-5H2,1-3H3,(H2,23,28)(H,25,26,29). The lowest BCUT2D eigenvalue weighted by Crippen LogP contribution is -2.13. The summed E-state index contributed by atoms with van der Waals surface area (Å²) in [5, 5.41) is 7.05. The van der Waals surface area contributed by atoms with Gasteiger partial charge >= 0.3 is 0 Å². The molecule has 2 heterocycles. The highest BCUT2D eigenvalue weighted by Gasteiger charge is 2.15. The number of primary amides is 1. The lowest BCUT2D eigenvalue weighted by molar-refractivity contribution is 0.0997. The Labute approximate surface area is 189 Å². The molecule has 3 aromatic rings. The van der Waals surface area contributed by atoms with E-state index in [0.29, 0.717) is 18.2 Å². The average Bonchev–Trinajstić information content (AvgIpc) is 3.06. The van der Waals surface area contributed by atoms with Crippen LogP contribution in [0.15, 0.2) is 36.5 Å². The van der Waals surface area contributed by atoms with Crippen molar-refractivity contribution in [1.29, 1.82) is 0 Å². The van der Waals surface area contributed by atoms with E-state index in [1.807, 2.05) is 6.92 Å². The van der Waals surface area contributed by atoms with Crippen LogP contribution in [-0.4, -0.2) is 46.9 Å². The predicted molar refractivity (Wildman–Crippen MR) is 118 cm³/mol. The predicted octanol–water partition coefficient (Wildman–Crippen LogP) is 2.95. The van der Waals surface area contributed by atoms with Crippen LogP contribution in [0.5, 0.6) is 17.4 Å². The maximum Gasteiger partial charge on any atom is 0.257 e. The van der Waals surface area contributed by atoms with E-state index in [2.05, 4.69) is 15.4 Å². The third-order valence-corrected chi connectivity index (χ3v) is 4.63. The fourth-order valence-electron chi connectivity index (χ4n) is 2.64. The van der Waals surface area contributed by atoms with Crippen LogP contribution in [0.1, 0.15) is 26.4 Å². The minimum atomic E-state index is -0.664. The van der Waals surface area contributed by atoms with Gasteiger partial charge in [-0.05, 0) is 25.1 Å². The Morgan fingerprint density at radius 1 is 1.12 bits per heavy atom. The van der Waals surface area contributed by atoms with Crippen LogP contribution in [0.3, 0.4) is 0 Å². The molecule has 2 amide bonds. The van der Waals surface area contributed by atoms with Crippen LogP contribution in [-0.2, 0) is 11.8 Å². The number of aryl methyl sites for hydroxylation is 2. The molecule has 11 heteroatoms. The number of pyridine rings is 1. The fraction of sp³-hybridized carbons (Fsp3) is 0.238. The molecule has 0 aliphatic heterocycles. The van der Waals surface area contributed by atoms with E-state index in [9.17, 15) is 9.59 Å². The zero-order chi connectivity index (χ0) is 23.3. The molecule has 0 radical (unpaired) electrons. The van der Waals surface area contributed by atoms with Gasteiger partial charge in [0.05, 0.1) is 12.2 Å². The first kappa shape index (κ1) is 23.0. The van der Waals surface area contributed by atoms with Crippen molar-refractivity contribution in [2.24, 2.45) is 12.8 Å². The number of nitrogens with zero attached hydrogens (tertiary/aromatic N) is 3. The van der Waals surface area contributed by atoms with Crippen LogP contribution >= 0.6 is 11.6 Å². The molecule has 0 unspecified atom stereocenters. The molecule has 0 fully saturated rings. The monoisotopic (exact) mass is 459 g/mol. The number of rotatable bonds is 9. The van der Waals surface area contributed by atoms with Crippen molar-refractivity contribution < 1.29 is 23.8 Å². The number of benzene rings is 1. The summed E-state index contributed by atoms with van der Waals surface area (Å²) in [6.45, 7) is 2.51. The number of amides is 2. The molecule has 3 N–H and O–H groups in total. The molecule has 0 saturated heterocycles. The molecule has 32 heavy (non-hydrogen) atoms. The van der Waals surface area contributed by atoms with Gasteiger partial charge in [0.15, 0.2) is 5.82 Å². The zero-order valence-corrected chi connectivity index (χ0v) is 18.5. The van der Waals surface area contributed by atoms with E-state index in [0.717, 1.165) is 5.69 Å². The molecule has 0 saturated carbocycles. The first-order chi connectivity index (χ1) is 15.3. The van der Waals surface area contributed by atoms with Gasteiger partial charge < -0.3 is 25.3 Å². The highest BCUT2D eigenvalue weighted by Crippen LogP contribution is 2.31. The normalized spacial score (nSPS) is 10.6. The SMILES string of the molecule is COCCOc1cc(Oc2ncc(C(N)=O)cc2Cl)cc(C(=O)Nc2cc(C)n(C)n2)c1. The van der Waals surface area contributed by atoms with Gasteiger partial charge in [0.25, 0.3) is 5.91 Å². The maximum absolute atomic E-state index is 12.8. The summed E-state index contributed by atoms with van der Waals surface area (Å²) >= 11 is 6.16. The van der Waals surface area contributed by atoms with Gasteiger partial charge in [-0.1, -0.05) is 11.6 Å². The quantitative estimate of drug-likeness (QED) is 0.470. The van der Waals surface area contributed by atoms with Gasteiger partial charge in [0.2, 0.25) is 11.8 Å². The van der Waals surface area contributed by atoms with Crippen molar-refractivity contribution in [3.63, 3.8) is 0 Å². The number of anilines is 1. The van der Waals surface area contributed by atoms with Crippen LogP contribution in [0.2, 0.25) is 5.02 Å². The van der Waals surface area contributed by atoms with Gasteiger partial charge in [-0.2, -0.15) is 5.10 Å². The minimum Gasteiger partial charge on any atom is -0.491 e. The molecule has 2 aromatic heterocycles. The highest BCUT2D eigenvalue weighted by atomic mass is 35.5. The number of nitrogens with one attached hydrogen (secondary N) is 1. The molecule has 0 atom stereocenters. The van der Waals surface area contributed by atoms with Gasteiger partial charge in [-0.3, -0.25) is 14.3 Å². The Balaban J connectivity index is 1.88. The van der Waals surface area contributed by atoms with E-state index in [1.54, 1.807) is 37.0 Å². The largest absolute Gasteiger partial charge is 0.491 e. The van der Waals surface area contributed by atoms with E-state index in [-0.39, 0.29) is 34.4 Å². The van der Waals surface area contributed by atoms with Crippen LogP contribution in [0.4, 0.5) is 5.82 Å². The molecule has 1 aromatic carbocycles. The van der Waals surface area contributed by atoms with Crippen molar-refractivity contribution in [2.45, 2.75) is 6.92 Å². The first-order valence-corrected chi connectivity index (χ1v) is 9.86. The van der Waals surface area contributed by atoms with Crippen LogP contribution in [0.25, 0.3) is 0 Å². The molecular weight excluding hydrogens is 438 g/mol. The first-order valence-electron chi connectivity index (χ1n) is 9.49. The molecule has 3 rings (SSSR count). The second-order valence-corrected chi connectivity index (χ2v) is 7.17. The third-order valence-electron chi connectivity index (χ3n) is 4.36. The summed E-state index contributed by atoms with van der Waals surface area (Å²) in [6.07, 6.45) is 1.25. The lowest BCUT2D eigenvalue weighted by atomic mass is 10.2. The molecule has 0 spiro atoms. The van der Waals surface area contributed by atoms with Crippen molar-refractivity contribution in [1.82, 2.24) is 14.8 Å². The topological polar surface area (TPSA) is 131 Å². The Hall–Kier alpha value is -3.63. The molecule has 168 valence electrons. The Morgan fingerprint density at radius 2 is 1.88 bits per heavy atom. The van der Waals surface area contributed by atoms with Crippen molar-refractivity contribution in [3.8, 4) is 17.4 Å². The van der Waals surface area contributed by atoms with Crippen LogP contribution < -0.4 is 20.5 Å². The average molecular weight is 460 g/mol. The zero-order valence-electron chi connectivity index (χ0n) is 17.7. The van der Waals surface area contributed by atoms with Crippen LogP contribution in [0, 0.1) is 6.92 Å². The van der Waals surface area contributed by atoms with E-state index in [4.69, 9.17) is 31.5 Å². The smallest absolute Gasteiger partial charge is 0.257 e. The molecule has 0 aliphatic carbocycles. The number of carbonyl (C=O) groups is 2. The summed E-state index contributed by atoms with van der Waals surface area (Å²) in [5.41, 5.74) is 6.53. The van der Waals surface area contributed by atoms with Gasteiger partial charge in [-0.15, -0.1) is 0 Å².